The van der Waals surface area contributed by atoms with Gasteiger partial charge in [0.2, 0.25) is 5.95 Å². The second-order valence-electron chi connectivity index (χ2n) is 7.54. The third-order valence-electron chi connectivity index (χ3n) is 5.71. The van der Waals surface area contributed by atoms with Crippen LogP contribution in [0.25, 0.3) is 0 Å². The average Bonchev–Trinajstić information content (AvgIpc) is 2.71. The van der Waals surface area contributed by atoms with E-state index in [1.54, 1.807) is 7.11 Å². The number of ether oxygens (including phenoxy) is 3. The van der Waals surface area contributed by atoms with Crippen molar-refractivity contribution in [3.63, 3.8) is 0 Å². The molecule has 7 nitrogen and oxygen atoms in total. The molecule has 3 heterocycles. The minimum absolute atomic E-state index is 0.317. The Balaban J connectivity index is 1.34. The molecule has 0 bridgehead atoms. The number of hydrogen-bond acceptors (Lipinski definition) is 7. The Bertz CT molecular complexity index is 834. The van der Waals surface area contributed by atoms with Crippen LogP contribution in [-0.4, -0.2) is 54.8 Å². The van der Waals surface area contributed by atoms with Gasteiger partial charge in [0.05, 0.1) is 19.4 Å². The van der Waals surface area contributed by atoms with Crippen LogP contribution in [0.3, 0.4) is 0 Å². The number of rotatable bonds is 5. The Morgan fingerprint density at radius 3 is 2.86 bits per heavy atom. The zero-order valence-electron chi connectivity index (χ0n) is 16.6. The lowest BCUT2D eigenvalue weighted by Crippen LogP contribution is -2.48. The normalized spacial score (nSPS) is 18.6. The molecule has 2 aliphatic heterocycles. The van der Waals surface area contributed by atoms with E-state index in [1.165, 1.54) is 5.56 Å². The van der Waals surface area contributed by atoms with Crippen LogP contribution in [0.15, 0.2) is 24.4 Å². The summed E-state index contributed by atoms with van der Waals surface area (Å²) < 4.78 is 17.6. The number of hydrogen-bond donors (Lipinski definition) is 1. The highest BCUT2D eigenvalue weighted by Gasteiger charge is 2.42. The fourth-order valence-corrected chi connectivity index (χ4v) is 4.12. The van der Waals surface area contributed by atoms with E-state index in [4.69, 9.17) is 19.9 Å². The van der Waals surface area contributed by atoms with E-state index in [2.05, 4.69) is 14.9 Å². The fourth-order valence-electron chi connectivity index (χ4n) is 4.12. The molecule has 1 aromatic carbocycles. The third-order valence-corrected chi connectivity index (χ3v) is 5.71. The predicted molar refractivity (Wildman–Crippen MR) is 107 cm³/mol. The Kier molecular flexibility index (Phi) is 5.37. The summed E-state index contributed by atoms with van der Waals surface area (Å²) in [7, 11) is 1.67. The number of fused-ring (bicyclic) bond motifs is 2. The smallest absolute Gasteiger partial charge is 0.220 e. The molecule has 150 valence electrons. The number of benzene rings is 1. The molecule has 1 saturated heterocycles. The van der Waals surface area contributed by atoms with Gasteiger partial charge in [-0.15, -0.1) is 0 Å². The Labute approximate surface area is 165 Å². The number of nitrogens with two attached hydrogens (primary N) is 1. The molecule has 2 N–H and O–H groups in total. The summed E-state index contributed by atoms with van der Waals surface area (Å²) in [6.07, 6.45) is 4.53. The second kappa shape index (κ2) is 7.93. The number of likely N-dealkylation sites (tertiary alicyclic amines) is 1. The van der Waals surface area contributed by atoms with Crippen molar-refractivity contribution in [2.24, 2.45) is 0 Å². The largest absolute Gasteiger partial charge is 0.493 e. The average molecular weight is 384 g/mol. The summed E-state index contributed by atoms with van der Waals surface area (Å²) in [4.78, 5) is 11.1. The van der Waals surface area contributed by atoms with Gasteiger partial charge >= 0.3 is 0 Å². The lowest BCUT2D eigenvalue weighted by Gasteiger charge is -2.44. The van der Waals surface area contributed by atoms with Gasteiger partial charge in [0.1, 0.15) is 12.2 Å². The molecule has 0 amide bonds. The van der Waals surface area contributed by atoms with Gasteiger partial charge in [-0.3, -0.25) is 4.90 Å². The van der Waals surface area contributed by atoms with Crippen molar-refractivity contribution >= 4 is 5.95 Å². The van der Waals surface area contributed by atoms with E-state index >= 15 is 0 Å². The lowest BCUT2D eigenvalue weighted by atomic mass is 9.83. The van der Waals surface area contributed by atoms with Gasteiger partial charge in [-0.2, -0.15) is 0 Å². The molecule has 1 spiro atoms. The first-order valence-electron chi connectivity index (χ1n) is 9.85. The molecule has 0 saturated carbocycles. The van der Waals surface area contributed by atoms with Crippen molar-refractivity contribution in [2.75, 3.05) is 45.7 Å². The van der Waals surface area contributed by atoms with Crippen LogP contribution in [0.2, 0.25) is 0 Å². The van der Waals surface area contributed by atoms with Crippen LogP contribution in [0, 0.1) is 6.92 Å². The van der Waals surface area contributed by atoms with Gasteiger partial charge in [0.15, 0.2) is 11.5 Å². The number of nitrogen functional groups attached to an aromatic ring is 1. The van der Waals surface area contributed by atoms with Crippen LogP contribution < -0.4 is 15.2 Å². The summed E-state index contributed by atoms with van der Waals surface area (Å²) in [6.45, 7) is 6.14. The van der Waals surface area contributed by atoms with E-state index in [9.17, 15) is 0 Å². The third kappa shape index (κ3) is 3.77. The predicted octanol–water partition coefficient (Wildman–Crippen LogP) is 2.32. The fraction of sp³-hybridized carbons (Fsp3) is 0.524. The first-order chi connectivity index (χ1) is 13.6. The second-order valence-corrected chi connectivity index (χ2v) is 7.54. The number of nitrogens with zero attached hydrogens (tertiary/aromatic N) is 3. The summed E-state index contributed by atoms with van der Waals surface area (Å²) in [6, 6.07) is 6.00. The minimum atomic E-state index is -0.317. The number of piperidine rings is 1. The van der Waals surface area contributed by atoms with Crippen molar-refractivity contribution in [1.82, 2.24) is 14.9 Å². The maximum Gasteiger partial charge on any atom is 0.220 e. The molecule has 0 atom stereocenters. The van der Waals surface area contributed by atoms with Crippen LogP contribution in [0.4, 0.5) is 5.95 Å². The first kappa shape index (κ1) is 19.0. The van der Waals surface area contributed by atoms with Crippen molar-refractivity contribution < 1.29 is 14.2 Å². The van der Waals surface area contributed by atoms with E-state index in [0.29, 0.717) is 12.6 Å². The summed E-state index contributed by atoms with van der Waals surface area (Å²) >= 11 is 0. The number of aryl methyl sites for hydroxylation is 1. The first-order valence-corrected chi connectivity index (χ1v) is 9.85. The van der Waals surface area contributed by atoms with Crippen LogP contribution in [-0.2, 0) is 16.8 Å². The molecule has 0 aliphatic carbocycles. The summed E-state index contributed by atoms with van der Waals surface area (Å²) in [5.74, 6) is 1.90. The monoisotopic (exact) mass is 384 g/mol. The number of anilines is 1. The SMILES string of the molecule is COc1cc(C)ccc1OCCN1CCC2(CC1)OCCc1cnc(N)nc12. The van der Waals surface area contributed by atoms with Crippen molar-refractivity contribution in [3.05, 3.63) is 41.2 Å². The molecule has 28 heavy (non-hydrogen) atoms. The molecule has 7 heteroatoms. The number of aromatic nitrogens is 2. The quantitative estimate of drug-likeness (QED) is 0.847. The zero-order valence-corrected chi connectivity index (χ0v) is 16.6. The topological polar surface area (TPSA) is 82.7 Å². The highest BCUT2D eigenvalue weighted by atomic mass is 16.5. The van der Waals surface area contributed by atoms with E-state index < -0.39 is 0 Å². The minimum Gasteiger partial charge on any atom is -0.493 e. The molecule has 4 rings (SSSR count). The van der Waals surface area contributed by atoms with Gasteiger partial charge < -0.3 is 19.9 Å². The van der Waals surface area contributed by atoms with E-state index in [1.807, 2.05) is 31.3 Å². The summed E-state index contributed by atoms with van der Waals surface area (Å²) in [5, 5.41) is 0. The maximum atomic E-state index is 6.23. The van der Waals surface area contributed by atoms with Gasteiger partial charge in [-0.1, -0.05) is 6.07 Å². The molecular weight excluding hydrogens is 356 g/mol. The Morgan fingerprint density at radius 1 is 1.25 bits per heavy atom. The van der Waals surface area contributed by atoms with E-state index in [0.717, 1.165) is 68.3 Å². The van der Waals surface area contributed by atoms with Crippen molar-refractivity contribution in [2.45, 2.75) is 31.8 Å². The molecule has 1 aromatic heterocycles. The van der Waals surface area contributed by atoms with E-state index in [-0.39, 0.29) is 5.60 Å². The molecule has 0 unspecified atom stereocenters. The molecule has 0 radical (unpaired) electrons. The maximum absolute atomic E-state index is 6.23. The zero-order chi connectivity index (χ0) is 19.6. The molecule has 2 aromatic rings. The standard InChI is InChI=1S/C21H28N4O3/c1-15-3-4-17(18(13-15)26-2)27-12-10-25-8-6-21(7-9-25)19-16(5-11-28-21)14-23-20(22)24-19/h3-4,13-14H,5-12H2,1-2H3,(H2,22,23,24). The van der Waals surface area contributed by atoms with Crippen LogP contribution in [0.5, 0.6) is 11.5 Å². The van der Waals surface area contributed by atoms with Gasteiger partial charge in [0.25, 0.3) is 0 Å². The number of methoxy groups -OCH3 is 1. The lowest BCUT2D eigenvalue weighted by molar-refractivity contribution is -0.102. The van der Waals surface area contributed by atoms with Gasteiger partial charge in [0, 0.05) is 25.8 Å². The Hall–Kier alpha value is -2.38. The molecule has 1 fully saturated rings. The van der Waals surface area contributed by atoms with Gasteiger partial charge in [-0.05, 0) is 49.4 Å². The van der Waals surface area contributed by atoms with Crippen LogP contribution in [0.1, 0.15) is 29.7 Å². The van der Waals surface area contributed by atoms with Crippen molar-refractivity contribution in [1.29, 1.82) is 0 Å². The van der Waals surface area contributed by atoms with Crippen molar-refractivity contribution in [3.8, 4) is 11.5 Å². The highest BCUT2D eigenvalue weighted by molar-refractivity contribution is 5.42. The molecular formula is C21H28N4O3. The van der Waals surface area contributed by atoms with Gasteiger partial charge in [-0.25, -0.2) is 9.97 Å². The Morgan fingerprint density at radius 2 is 2.07 bits per heavy atom. The summed E-state index contributed by atoms with van der Waals surface area (Å²) in [5.41, 5.74) is 8.84. The molecule has 2 aliphatic rings. The van der Waals surface area contributed by atoms with Crippen LogP contribution >= 0.6 is 0 Å². The highest BCUT2D eigenvalue weighted by Crippen LogP contribution is 2.40.